The highest BCUT2D eigenvalue weighted by Gasteiger charge is 2.23. The van der Waals surface area contributed by atoms with Crippen molar-refractivity contribution in [1.29, 1.82) is 0 Å². The first-order chi connectivity index (χ1) is 13.9. The quantitative estimate of drug-likeness (QED) is 0.590. The number of rotatable bonds is 7. The second-order valence-corrected chi connectivity index (χ2v) is 7.28. The normalized spacial score (nSPS) is 12.1. The van der Waals surface area contributed by atoms with Crippen molar-refractivity contribution in [2.24, 2.45) is 0 Å². The number of hydrogen-bond donors (Lipinski definition) is 0. The first kappa shape index (κ1) is 21.0. The van der Waals surface area contributed by atoms with Gasteiger partial charge in [0, 0.05) is 18.6 Å². The van der Waals surface area contributed by atoms with E-state index in [1.165, 1.54) is 0 Å². The number of amides is 1. The van der Waals surface area contributed by atoms with Crippen LogP contribution >= 0.6 is 11.6 Å². The van der Waals surface area contributed by atoms with Crippen LogP contribution in [0.1, 0.15) is 31.3 Å². The molecule has 0 N–H and O–H groups in total. The average Bonchev–Trinajstić information content (AvgIpc) is 2.73. The van der Waals surface area contributed by atoms with E-state index < -0.39 is 6.04 Å². The molecule has 1 aromatic heterocycles. The molecule has 0 fully saturated rings. The fourth-order valence-corrected chi connectivity index (χ4v) is 3.32. The molecule has 1 heterocycles. The molecule has 3 aromatic rings. The zero-order valence-electron chi connectivity index (χ0n) is 16.8. The predicted molar refractivity (Wildman–Crippen MR) is 114 cm³/mol. The molecule has 1 amide bonds. The van der Waals surface area contributed by atoms with Crippen molar-refractivity contribution in [3.8, 4) is 0 Å². The van der Waals surface area contributed by atoms with Gasteiger partial charge in [0.15, 0.2) is 0 Å². The Morgan fingerprint density at radius 1 is 1.24 bits per heavy atom. The van der Waals surface area contributed by atoms with Crippen molar-refractivity contribution in [2.75, 3.05) is 13.7 Å². The number of nitrogens with zero attached hydrogens (tertiary/aromatic N) is 3. The Hall–Kier alpha value is -2.70. The Labute approximate surface area is 174 Å². The highest BCUT2D eigenvalue weighted by atomic mass is 35.5. The van der Waals surface area contributed by atoms with Crippen molar-refractivity contribution >= 4 is 28.4 Å². The van der Waals surface area contributed by atoms with E-state index in [0.29, 0.717) is 34.9 Å². The minimum absolute atomic E-state index is 0.0501. The number of hydrogen-bond acceptors (Lipinski definition) is 4. The Morgan fingerprint density at radius 3 is 2.66 bits per heavy atom. The molecule has 0 saturated carbocycles. The zero-order chi connectivity index (χ0) is 21.0. The second kappa shape index (κ2) is 9.20. The number of aromatic nitrogens is 2. The Morgan fingerprint density at radius 2 is 1.97 bits per heavy atom. The lowest BCUT2D eigenvalue weighted by Crippen LogP contribution is -2.36. The number of fused-ring (bicyclic) bond motifs is 1. The molecule has 0 saturated heterocycles. The molecular weight excluding hydrogens is 390 g/mol. The van der Waals surface area contributed by atoms with Gasteiger partial charge in [0.25, 0.3) is 5.56 Å². The van der Waals surface area contributed by atoms with E-state index in [-0.39, 0.29) is 18.1 Å². The minimum Gasteiger partial charge on any atom is -0.367 e. The number of likely N-dealkylation sites (N-methyl/N-ethyl adjacent to an activating group) is 1. The highest BCUT2D eigenvalue weighted by Crippen LogP contribution is 2.21. The topological polar surface area (TPSA) is 64.4 Å². The summed E-state index contributed by atoms with van der Waals surface area (Å²) in [7, 11) is 1.69. The summed E-state index contributed by atoms with van der Waals surface area (Å²) in [5.41, 5.74) is 1.39. The third-order valence-electron chi connectivity index (χ3n) is 4.95. The number of carbonyl (C=O) groups excluding carboxylic acids is 1. The fraction of sp³-hybridized carbons (Fsp3) is 0.318. The maximum absolute atomic E-state index is 12.9. The number of benzene rings is 2. The summed E-state index contributed by atoms with van der Waals surface area (Å²) in [4.78, 5) is 31.7. The molecule has 7 heteroatoms. The maximum atomic E-state index is 12.9. The molecular formula is C22H24ClN3O3. The van der Waals surface area contributed by atoms with Crippen LogP contribution in [0.4, 0.5) is 0 Å². The predicted octanol–water partition coefficient (Wildman–Crippen LogP) is 3.81. The van der Waals surface area contributed by atoms with Crippen LogP contribution in [0.3, 0.4) is 0 Å². The molecule has 0 bridgehead atoms. The summed E-state index contributed by atoms with van der Waals surface area (Å²) >= 11 is 6.07. The lowest BCUT2D eigenvalue weighted by atomic mass is 10.2. The molecule has 0 aliphatic heterocycles. The van der Waals surface area contributed by atoms with E-state index in [9.17, 15) is 9.59 Å². The van der Waals surface area contributed by atoms with Crippen molar-refractivity contribution in [2.45, 2.75) is 33.0 Å². The monoisotopic (exact) mass is 413 g/mol. The summed E-state index contributed by atoms with van der Waals surface area (Å²) in [6, 6.07) is 14.3. The third kappa shape index (κ3) is 4.66. The van der Waals surface area contributed by atoms with Crippen LogP contribution in [-0.2, 0) is 22.7 Å². The molecule has 0 aliphatic rings. The standard InChI is InChI=1S/C22H24ClN3O3/c1-4-26-21(24-19-12-17(23)10-11-18(19)22(26)28)15(2)25(3)20(27)14-29-13-16-8-6-5-7-9-16/h5-12,15H,4,13-14H2,1-3H3. The van der Waals surface area contributed by atoms with Gasteiger partial charge >= 0.3 is 0 Å². The molecule has 1 unspecified atom stereocenters. The van der Waals surface area contributed by atoms with Gasteiger partial charge < -0.3 is 9.64 Å². The number of halogens is 1. The smallest absolute Gasteiger partial charge is 0.261 e. The van der Waals surface area contributed by atoms with Gasteiger partial charge in [-0.3, -0.25) is 14.2 Å². The van der Waals surface area contributed by atoms with E-state index >= 15 is 0 Å². The minimum atomic E-state index is -0.404. The Bertz CT molecular complexity index is 1070. The molecule has 1 atom stereocenters. The van der Waals surface area contributed by atoms with Crippen LogP contribution in [0.25, 0.3) is 10.9 Å². The molecule has 3 rings (SSSR count). The van der Waals surface area contributed by atoms with E-state index in [2.05, 4.69) is 4.98 Å². The number of carbonyl (C=O) groups is 1. The first-order valence-electron chi connectivity index (χ1n) is 9.49. The third-order valence-corrected chi connectivity index (χ3v) is 5.18. The van der Waals surface area contributed by atoms with Gasteiger partial charge in [-0.1, -0.05) is 41.9 Å². The molecule has 152 valence electrons. The molecule has 6 nitrogen and oxygen atoms in total. The SMILES string of the molecule is CCn1c(C(C)N(C)C(=O)COCc2ccccc2)nc2cc(Cl)ccc2c1=O. The van der Waals surface area contributed by atoms with Crippen molar-refractivity contribution < 1.29 is 9.53 Å². The van der Waals surface area contributed by atoms with E-state index in [0.717, 1.165) is 5.56 Å². The van der Waals surface area contributed by atoms with Crippen LogP contribution in [0, 0.1) is 0 Å². The second-order valence-electron chi connectivity index (χ2n) is 6.84. The zero-order valence-corrected chi connectivity index (χ0v) is 17.5. The Kier molecular flexibility index (Phi) is 6.67. The van der Waals surface area contributed by atoms with E-state index in [1.54, 1.807) is 34.7 Å². The van der Waals surface area contributed by atoms with Gasteiger partial charge in [-0.15, -0.1) is 0 Å². The summed E-state index contributed by atoms with van der Waals surface area (Å²) in [6.45, 7) is 4.49. The van der Waals surface area contributed by atoms with Gasteiger partial charge in [0.1, 0.15) is 12.4 Å². The summed E-state index contributed by atoms with van der Waals surface area (Å²) in [5.74, 6) is 0.336. The largest absolute Gasteiger partial charge is 0.367 e. The fourth-order valence-electron chi connectivity index (χ4n) is 3.16. The Balaban J connectivity index is 1.79. The molecule has 0 spiro atoms. The van der Waals surface area contributed by atoms with Crippen LogP contribution in [0.2, 0.25) is 5.02 Å². The summed E-state index contributed by atoms with van der Waals surface area (Å²) in [5, 5.41) is 1.02. The van der Waals surface area contributed by atoms with E-state index in [1.807, 2.05) is 44.2 Å². The van der Waals surface area contributed by atoms with Crippen LogP contribution in [-0.4, -0.2) is 34.0 Å². The van der Waals surface area contributed by atoms with Crippen molar-refractivity contribution in [3.05, 3.63) is 75.3 Å². The molecule has 29 heavy (non-hydrogen) atoms. The maximum Gasteiger partial charge on any atom is 0.261 e. The molecule has 0 radical (unpaired) electrons. The van der Waals surface area contributed by atoms with Gasteiger partial charge in [-0.25, -0.2) is 4.98 Å². The van der Waals surface area contributed by atoms with Gasteiger partial charge in [-0.2, -0.15) is 0 Å². The van der Waals surface area contributed by atoms with Crippen molar-refractivity contribution in [3.63, 3.8) is 0 Å². The average molecular weight is 414 g/mol. The lowest BCUT2D eigenvalue weighted by Gasteiger charge is -2.26. The summed E-state index contributed by atoms with van der Waals surface area (Å²) < 4.78 is 7.15. The molecule has 0 aliphatic carbocycles. The van der Waals surface area contributed by atoms with Crippen LogP contribution in [0.15, 0.2) is 53.3 Å². The van der Waals surface area contributed by atoms with Gasteiger partial charge in [0.2, 0.25) is 5.91 Å². The van der Waals surface area contributed by atoms with Crippen LogP contribution in [0.5, 0.6) is 0 Å². The highest BCUT2D eigenvalue weighted by molar-refractivity contribution is 6.31. The molecule has 2 aromatic carbocycles. The van der Waals surface area contributed by atoms with E-state index in [4.69, 9.17) is 16.3 Å². The van der Waals surface area contributed by atoms with Gasteiger partial charge in [0.05, 0.1) is 23.6 Å². The van der Waals surface area contributed by atoms with Gasteiger partial charge in [-0.05, 0) is 37.6 Å². The summed E-state index contributed by atoms with van der Waals surface area (Å²) in [6.07, 6.45) is 0. The lowest BCUT2D eigenvalue weighted by molar-refractivity contribution is -0.137. The number of ether oxygens (including phenoxy) is 1. The van der Waals surface area contributed by atoms with Crippen LogP contribution < -0.4 is 5.56 Å². The van der Waals surface area contributed by atoms with Crippen molar-refractivity contribution in [1.82, 2.24) is 14.5 Å². The first-order valence-corrected chi connectivity index (χ1v) is 9.87.